The van der Waals surface area contributed by atoms with Gasteiger partial charge in [0.2, 0.25) is 0 Å². The van der Waals surface area contributed by atoms with Crippen LogP contribution in [0.4, 0.5) is 0 Å². The van der Waals surface area contributed by atoms with Gasteiger partial charge in [-0.2, -0.15) is 0 Å². The molecule has 0 bridgehead atoms. The number of unbranched alkanes of at least 4 members (excludes halogenated alkanes) is 2. The number of nitrogens with zero attached hydrogens (tertiary/aromatic N) is 1. The minimum absolute atomic E-state index is 0.00781. The SMILES string of the molecule is CCCCCOC(=O)CN.CN(C)CCCN. The molecular weight excluding hydrogens is 218 g/mol. The first-order valence-corrected chi connectivity index (χ1v) is 6.28. The minimum atomic E-state index is -0.309. The van der Waals surface area contributed by atoms with E-state index < -0.39 is 0 Å². The highest BCUT2D eigenvalue weighted by atomic mass is 16.5. The topological polar surface area (TPSA) is 81.6 Å². The van der Waals surface area contributed by atoms with Crippen molar-refractivity contribution in [3.63, 3.8) is 0 Å². The number of rotatable bonds is 8. The normalized spacial score (nSPS) is 9.76. The van der Waals surface area contributed by atoms with E-state index >= 15 is 0 Å². The Hall–Kier alpha value is -0.650. The summed E-state index contributed by atoms with van der Waals surface area (Å²) in [7, 11) is 4.10. The van der Waals surface area contributed by atoms with Crippen LogP contribution in [0.2, 0.25) is 0 Å². The van der Waals surface area contributed by atoms with Crippen LogP contribution >= 0.6 is 0 Å². The van der Waals surface area contributed by atoms with Crippen molar-refractivity contribution in [1.82, 2.24) is 4.90 Å². The largest absolute Gasteiger partial charge is 0.465 e. The fourth-order valence-electron chi connectivity index (χ4n) is 1.00. The van der Waals surface area contributed by atoms with Gasteiger partial charge >= 0.3 is 5.97 Å². The summed E-state index contributed by atoms with van der Waals surface area (Å²) in [5.41, 5.74) is 10.3. The molecule has 0 aromatic heterocycles. The van der Waals surface area contributed by atoms with Gasteiger partial charge in [-0.15, -0.1) is 0 Å². The molecular formula is C12H29N3O2. The summed E-state index contributed by atoms with van der Waals surface area (Å²) in [6.45, 7) is 4.52. The summed E-state index contributed by atoms with van der Waals surface area (Å²) in [4.78, 5) is 12.6. The lowest BCUT2D eigenvalue weighted by Gasteiger charge is -2.05. The monoisotopic (exact) mass is 247 g/mol. The quantitative estimate of drug-likeness (QED) is 0.484. The lowest BCUT2D eigenvalue weighted by atomic mass is 10.3. The van der Waals surface area contributed by atoms with Crippen molar-refractivity contribution in [2.75, 3.05) is 40.3 Å². The Balaban J connectivity index is 0. The van der Waals surface area contributed by atoms with E-state index in [4.69, 9.17) is 16.2 Å². The Bertz CT molecular complexity index is 164. The van der Waals surface area contributed by atoms with Gasteiger partial charge in [-0.05, 0) is 40.0 Å². The maximum absolute atomic E-state index is 10.4. The Morgan fingerprint density at radius 3 is 2.18 bits per heavy atom. The summed E-state index contributed by atoms with van der Waals surface area (Å²) >= 11 is 0. The van der Waals surface area contributed by atoms with Crippen LogP contribution in [0.5, 0.6) is 0 Å². The van der Waals surface area contributed by atoms with E-state index in [1.165, 1.54) is 0 Å². The van der Waals surface area contributed by atoms with Crippen LogP contribution in [0.3, 0.4) is 0 Å². The second-order valence-corrected chi connectivity index (χ2v) is 4.08. The van der Waals surface area contributed by atoms with Crippen molar-refractivity contribution in [3.8, 4) is 0 Å². The van der Waals surface area contributed by atoms with Gasteiger partial charge in [0.1, 0.15) is 0 Å². The van der Waals surface area contributed by atoms with Crippen LogP contribution in [0.25, 0.3) is 0 Å². The number of esters is 1. The molecule has 5 nitrogen and oxygen atoms in total. The molecule has 4 N–H and O–H groups in total. The Morgan fingerprint density at radius 1 is 1.18 bits per heavy atom. The molecule has 0 aromatic rings. The van der Waals surface area contributed by atoms with Gasteiger partial charge in [0.15, 0.2) is 0 Å². The smallest absolute Gasteiger partial charge is 0.319 e. The molecule has 0 aliphatic carbocycles. The van der Waals surface area contributed by atoms with Crippen LogP contribution in [0.15, 0.2) is 0 Å². The molecule has 0 saturated heterocycles. The van der Waals surface area contributed by atoms with Crippen LogP contribution < -0.4 is 11.5 Å². The summed E-state index contributed by atoms with van der Waals surface area (Å²) in [6, 6.07) is 0. The van der Waals surface area contributed by atoms with Crippen molar-refractivity contribution < 1.29 is 9.53 Å². The molecule has 0 spiro atoms. The van der Waals surface area contributed by atoms with Gasteiger partial charge in [0.05, 0.1) is 13.2 Å². The zero-order chi connectivity index (χ0) is 13.5. The molecule has 0 unspecified atom stereocenters. The molecule has 17 heavy (non-hydrogen) atoms. The Kier molecular flexibility index (Phi) is 16.9. The zero-order valence-corrected chi connectivity index (χ0v) is 11.6. The highest BCUT2D eigenvalue weighted by Crippen LogP contribution is 1.93. The summed E-state index contributed by atoms with van der Waals surface area (Å²) in [5, 5.41) is 0. The summed E-state index contributed by atoms with van der Waals surface area (Å²) in [6.07, 6.45) is 4.30. The highest BCUT2D eigenvalue weighted by Gasteiger charge is 1.95. The number of carbonyl (C=O) groups is 1. The number of nitrogens with two attached hydrogens (primary N) is 2. The van der Waals surface area contributed by atoms with E-state index in [0.29, 0.717) is 6.61 Å². The molecule has 0 fully saturated rings. The third-order valence-electron chi connectivity index (χ3n) is 1.99. The van der Waals surface area contributed by atoms with Crippen molar-refractivity contribution in [2.45, 2.75) is 32.6 Å². The maximum atomic E-state index is 10.4. The van der Waals surface area contributed by atoms with Gasteiger partial charge in [-0.3, -0.25) is 4.79 Å². The number of hydrogen-bond donors (Lipinski definition) is 2. The third-order valence-corrected chi connectivity index (χ3v) is 1.99. The summed E-state index contributed by atoms with van der Waals surface area (Å²) < 4.78 is 4.73. The van der Waals surface area contributed by atoms with Crippen LogP contribution in [-0.4, -0.2) is 51.2 Å². The predicted octanol–water partition coefficient (Wildman–Crippen LogP) is 0.575. The first-order valence-electron chi connectivity index (χ1n) is 6.28. The van der Waals surface area contributed by atoms with Gasteiger partial charge < -0.3 is 21.1 Å². The second-order valence-electron chi connectivity index (χ2n) is 4.08. The average Bonchev–Trinajstić information content (AvgIpc) is 2.32. The number of carbonyl (C=O) groups excluding carboxylic acids is 1. The van der Waals surface area contributed by atoms with E-state index in [2.05, 4.69) is 25.9 Å². The fourth-order valence-corrected chi connectivity index (χ4v) is 1.00. The molecule has 0 aliphatic heterocycles. The molecule has 104 valence electrons. The first kappa shape index (κ1) is 18.7. The first-order chi connectivity index (χ1) is 8.08. The summed E-state index contributed by atoms with van der Waals surface area (Å²) in [5.74, 6) is -0.309. The second kappa shape index (κ2) is 15.4. The van der Waals surface area contributed by atoms with E-state index in [1.807, 2.05) is 0 Å². The fraction of sp³-hybridized carbons (Fsp3) is 0.917. The van der Waals surface area contributed by atoms with E-state index in [9.17, 15) is 4.79 Å². The van der Waals surface area contributed by atoms with Gasteiger partial charge in [0, 0.05) is 0 Å². The van der Waals surface area contributed by atoms with Crippen molar-refractivity contribution in [1.29, 1.82) is 0 Å². The van der Waals surface area contributed by atoms with Crippen molar-refractivity contribution in [3.05, 3.63) is 0 Å². The number of ether oxygens (including phenoxy) is 1. The molecule has 0 aromatic carbocycles. The molecule has 0 amide bonds. The van der Waals surface area contributed by atoms with Crippen LogP contribution in [-0.2, 0) is 9.53 Å². The molecule has 0 rings (SSSR count). The molecule has 5 heteroatoms. The number of hydrogen-bond acceptors (Lipinski definition) is 5. The Morgan fingerprint density at radius 2 is 1.82 bits per heavy atom. The lowest BCUT2D eigenvalue weighted by Crippen LogP contribution is -2.17. The van der Waals surface area contributed by atoms with Gasteiger partial charge in [-0.1, -0.05) is 19.8 Å². The standard InChI is InChI=1S/C7H15NO2.C5H14N2/c1-2-3-4-5-10-7(9)6-8;1-7(2)5-3-4-6/h2-6,8H2,1H3;3-6H2,1-2H3. The Labute approximate surface area is 105 Å². The van der Waals surface area contributed by atoms with Crippen LogP contribution in [0, 0.1) is 0 Å². The molecule has 0 atom stereocenters. The zero-order valence-electron chi connectivity index (χ0n) is 11.6. The molecule has 0 heterocycles. The van der Waals surface area contributed by atoms with Crippen LogP contribution in [0.1, 0.15) is 32.6 Å². The van der Waals surface area contributed by atoms with E-state index in [-0.39, 0.29) is 12.5 Å². The van der Waals surface area contributed by atoms with Crippen molar-refractivity contribution >= 4 is 5.97 Å². The maximum Gasteiger partial charge on any atom is 0.319 e. The average molecular weight is 247 g/mol. The van der Waals surface area contributed by atoms with E-state index in [0.717, 1.165) is 38.8 Å². The molecule has 0 aliphatic rings. The van der Waals surface area contributed by atoms with Gasteiger partial charge in [0.25, 0.3) is 0 Å². The highest BCUT2D eigenvalue weighted by molar-refractivity contribution is 5.71. The molecule has 0 saturated carbocycles. The van der Waals surface area contributed by atoms with Crippen molar-refractivity contribution in [2.24, 2.45) is 11.5 Å². The van der Waals surface area contributed by atoms with E-state index in [1.54, 1.807) is 0 Å². The minimum Gasteiger partial charge on any atom is -0.465 e. The van der Waals surface area contributed by atoms with Gasteiger partial charge in [-0.25, -0.2) is 0 Å². The molecule has 0 radical (unpaired) electrons. The lowest BCUT2D eigenvalue weighted by molar-refractivity contribution is -0.142. The third kappa shape index (κ3) is 21.2. The predicted molar refractivity (Wildman–Crippen MR) is 71.8 cm³/mol.